The Balaban J connectivity index is 1.46. The van der Waals surface area contributed by atoms with E-state index in [4.69, 9.17) is 4.74 Å². The minimum atomic E-state index is -1.20. The van der Waals surface area contributed by atoms with E-state index in [1.165, 1.54) is 34.6 Å². The molecule has 4 atom stereocenters. The Morgan fingerprint density at radius 2 is 1.90 bits per heavy atom. The zero-order chi connectivity index (χ0) is 21.5. The van der Waals surface area contributed by atoms with Gasteiger partial charge in [0, 0.05) is 5.75 Å². The van der Waals surface area contributed by atoms with Crippen molar-refractivity contribution < 1.29 is 20.1 Å². The van der Waals surface area contributed by atoms with Gasteiger partial charge in [-0.15, -0.1) is 0 Å². The number of hydrogen-bond donors (Lipinski definition) is 3. The quantitative estimate of drug-likeness (QED) is 0.321. The van der Waals surface area contributed by atoms with Crippen LogP contribution in [-0.2, 0) is 10.5 Å². The largest absolute Gasteiger partial charge is 0.394 e. The number of ether oxygens (including phenoxy) is 1. The minimum Gasteiger partial charge on any atom is -0.394 e. The molecule has 9 heteroatoms. The molecule has 160 valence electrons. The van der Waals surface area contributed by atoms with Gasteiger partial charge in [-0.3, -0.25) is 4.57 Å². The van der Waals surface area contributed by atoms with Gasteiger partial charge in [-0.05, 0) is 28.8 Å². The van der Waals surface area contributed by atoms with Crippen LogP contribution in [0.3, 0.4) is 0 Å². The van der Waals surface area contributed by atoms with Crippen LogP contribution in [0.15, 0.2) is 54.1 Å². The minimum absolute atomic E-state index is 0.387. The average Bonchev–Trinajstić information content (AvgIpc) is 3.34. The van der Waals surface area contributed by atoms with Crippen LogP contribution in [-0.4, -0.2) is 59.8 Å². The van der Waals surface area contributed by atoms with E-state index in [0.717, 1.165) is 10.8 Å². The number of aromatic nitrogens is 4. The fourth-order valence-corrected chi connectivity index (χ4v) is 5.08. The number of thioether (sulfide) groups is 1. The zero-order valence-electron chi connectivity index (χ0n) is 16.8. The standard InChI is InChI=1S/C22H22N4O4S/c1-12-6-7-13-4-2-3-5-14(13)15(12)9-31-21-17-20(23-10-24-21)26(11-25-17)22-19(29)18(28)16(8-27)30-22/h2-7,10-11,16,18-19,22,27-29H,8-9H2,1H3/t16-,18+,19-,22-/m0/s1. The third-order valence-corrected chi connectivity index (χ3v) is 6.75. The van der Waals surface area contributed by atoms with Crippen LogP contribution in [0.4, 0.5) is 0 Å². The third kappa shape index (κ3) is 3.48. The van der Waals surface area contributed by atoms with E-state index >= 15 is 0 Å². The molecule has 31 heavy (non-hydrogen) atoms. The summed E-state index contributed by atoms with van der Waals surface area (Å²) >= 11 is 1.57. The summed E-state index contributed by atoms with van der Waals surface area (Å²) in [6.45, 7) is 1.72. The topological polar surface area (TPSA) is 114 Å². The second-order valence-corrected chi connectivity index (χ2v) is 8.57. The molecule has 8 nitrogen and oxygen atoms in total. The summed E-state index contributed by atoms with van der Waals surface area (Å²) in [4.78, 5) is 13.2. The van der Waals surface area contributed by atoms with Gasteiger partial charge in [0.25, 0.3) is 0 Å². The highest BCUT2D eigenvalue weighted by atomic mass is 32.2. The first-order chi connectivity index (χ1) is 15.1. The predicted molar refractivity (Wildman–Crippen MR) is 117 cm³/mol. The lowest BCUT2D eigenvalue weighted by atomic mass is 10.0. The first-order valence-corrected chi connectivity index (χ1v) is 11.0. The van der Waals surface area contributed by atoms with Crippen LogP contribution in [0.5, 0.6) is 0 Å². The molecule has 1 aliphatic rings. The van der Waals surface area contributed by atoms with Crippen molar-refractivity contribution in [3.05, 3.63) is 60.2 Å². The molecule has 1 fully saturated rings. The van der Waals surface area contributed by atoms with Crippen LogP contribution in [0.2, 0.25) is 0 Å². The molecule has 0 spiro atoms. The van der Waals surface area contributed by atoms with Crippen molar-refractivity contribution in [3.63, 3.8) is 0 Å². The number of hydrogen-bond acceptors (Lipinski definition) is 8. The lowest BCUT2D eigenvalue weighted by Crippen LogP contribution is -2.33. The third-order valence-electron chi connectivity index (χ3n) is 5.74. The lowest BCUT2D eigenvalue weighted by Gasteiger charge is -2.16. The molecular weight excluding hydrogens is 416 g/mol. The van der Waals surface area contributed by atoms with E-state index in [2.05, 4.69) is 46.1 Å². The van der Waals surface area contributed by atoms with Crippen molar-refractivity contribution in [2.75, 3.05) is 6.61 Å². The fourth-order valence-electron chi connectivity index (χ4n) is 4.01. The summed E-state index contributed by atoms with van der Waals surface area (Å²) in [6.07, 6.45) is -1.14. The highest BCUT2D eigenvalue weighted by Gasteiger charge is 2.44. The van der Waals surface area contributed by atoms with Gasteiger partial charge in [0.1, 0.15) is 35.2 Å². The van der Waals surface area contributed by atoms with Crippen molar-refractivity contribution in [3.8, 4) is 0 Å². The predicted octanol–water partition coefficient (Wildman–Crippen LogP) is 2.19. The molecule has 0 bridgehead atoms. The average molecular weight is 439 g/mol. The maximum Gasteiger partial charge on any atom is 0.166 e. The smallest absolute Gasteiger partial charge is 0.166 e. The van der Waals surface area contributed by atoms with Crippen molar-refractivity contribution in [2.24, 2.45) is 0 Å². The van der Waals surface area contributed by atoms with Gasteiger partial charge in [0.05, 0.1) is 12.9 Å². The normalized spacial score (nSPS) is 23.7. The molecule has 0 aliphatic carbocycles. The van der Waals surface area contributed by atoms with Crippen LogP contribution in [0, 0.1) is 6.92 Å². The lowest BCUT2D eigenvalue weighted by molar-refractivity contribution is -0.0511. The zero-order valence-corrected chi connectivity index (χ0v) is 17.6. The van der Waals surface area contributed by atoms with Gasteiger partial charge >= 0.3 is 0 Å². The number of aliphatic hydroxyl groups excluding tert-OH is 3. The Kier molecular flexibility index (Phi) is 5.37. The summed E-state index contributed by atoms with van der Waals surface area (Å²) < 4.78 is 7.20. The van der Waals surface area contributed by atoms with Crippen LogP contribution in [0.1, 0.15) is 17.4 Å². The molecule has 0 amide bonds. The monoisotopic (exact) mass is 438 g/mol. The van der Waals surface area contributed by atoms with Gasteiger partial charge in [-0.2, -0.15) is 0 Å². The number of aryl methyl sites for hydroxylation is 1. The van der Waals surface area contributed by atoms with Crippen molar-refractivity contribution in [1.29, 1.82) is 0 Å². The Bertz CT molecular complexity index is 1250. The molecule has 3 N–H and O–H groups in total. The Morgan fingerprint density at radius 3 is 2.71 bits per heavy atom. The molecule has 2 aromatic carbocycles. The number of imidazole rings is 1. The first kappa shape index (κ1) is 20.3. The number of benzene rings is 2. The summed E-state index contributed by atoms with van der Waals surface area (Å²) in [5, 5.41) is 32.9. The highest BCUT2D eigenvalue weighted by molar-refractivity contribution is 7.98. The molecule has 1 saturated heterocycles. The van der Waals surface area contributed by atoms with Gasteiger partial charge in [0.15, 0.2) is 11.9 Å². The maximum absolute atomic E-state index is 10.4. The molecule has 1 aliphatic heterocycles. The van der Waals surface area contributed by atoms with Crippen LogP contribution < -0.4 is 0 Å². The molecular formula is C22H22N4O4S. The number of nitrogens with zero attached hydrogens (tertiary/aromatic N) is 4. The molecule has 5 rings (SSSR count). The van der Waals surface area contributed by atoms with Crippen LogP contribution >= 0.6 is 11.8 Å². The molecule has 0 radical (unpaired) electrons. The molecule has 2 aromatic heterocycles. The van der Waals surface area contributed by atoms with Crippen molar-refractivity contribution >= 4 is 33.7 Å². The van der Waals surface area contributed by atoms with E-state index in [1.807, 2.05) is 12.1 Å². The van der Waals surface area contributed by atoms with E-state index < -0.39 is 24.5 Å². The van der Waals surface area contributed by atoms with Crippen molar-refractivity contribution in [1.82, 2.24) is 19.5 Å². The van der Waals surface area contributed by atoms with Gasteiger partial charge in [0.2, 0.25) is 0 Å². The number of rotatable bonds is 5. The van der Waals surface area contributed by atoms with E-state index in [-0.39, 0.29) is 6.61 Å². The SMILES string of the molecule is Cc1ccc2ccccc2c1CSc1ncnc2c1ncn2[C@H]1O[C@@H](CO)[C@@H](O)[C@@H]1O. The first-order valence-electron chi connectivity index (χ1n) is 9.98. The molecule has 0 saturated carbocycles. The molecule has 4 aromatic rings. The van der Waals surface area contributed by atoms with E-state index in [9.17, 15) is 15.3 Å². The van der Waals surface area contributed by atoms with Gasteiger partial charge < -0.3 is 20.1 Å². The second-order valence-electron chi connectivity index (χ2n) is 7.60. The number of fused-ring (bicyclic) bond motifs is 2. The summed E-state index contributed by atoms with van der Waals surface area (Å²) in [6, 6.07) is 12.6. The summed E-state index contributed by atoms with van der Waals surface area (Å²) in [5.41, 5.74) is 3.57. The fraction of sp³-hybridized carbons (Fsp3) is 0.318. The maximum atomic E-state index is 10.4. The van der Waals surface area contributed by atoms with Gasteiger partial charge in [-0.25, -0.2) is 15.0 Å². The van der Waals surface area contributed by atoms with Gasteiger partial charge in [-0.1, -0.05) is 48.2 Å². The van der Waals surface area contributed by atoms with E-state index in [1.54, 1.807) is 16.3 Å². The summed E-state index contributed by atoms with van der Waals surface area (Å²) in [7, 11) is 0. The van der Waals surface area contributed by atoms with Crippen LogP contribution in [0.25, 0.3) is 21.9 Å². The molecule has 0 unspecified atom stereocenters. The van der Waals surface area contributed by atoms with E-state index in [0.29, 0.717) is 11.2 Å². The Labute approximate surface area is 182 Å². The number of aliphatic hydroxyl groups is 3. The van der Waals surface area contributed by atoms with Crippen molar-refractivity contribution in [2.45, 2.75) is 42.2 Å². The molecule has 3 heterocycles. The second kappa shape index (κ2) is 8.18. The highest BCUT2D eigenvalue weighted by Crippen LogP contribution is 2.34. The Hall–Kier alpha value is -2.56. The Morgan fingerprint density at radius 1 is 1.06 bits per heavy atom. The summed E-state index contributed by atoms with van der Waals surface area (Å²) in [5.74, 6) is 0.722.